The molecule has 0 saturated carbocycles. The molecule has 2 unspecified atom stereocenters. The van der Waals surface area contributed by atoms with Crippen molar-refractivity contribution in [3.05, 3.63) is 0 Å². The maximum Gasteiger partial charge on any atom is 0.303 e. The van der Waals surface area contributed by atoms with Crippen molar-refractivity contribution in [1.29, 1.82) is 0 Å². The Labute approximate surface area is 197 Å². The van der Waals surface area contributed by atoms with Crippen LogP contribution in [0.15, 0.2) is 0 Å². The Balaban J connectivity index is 0.000000237. The average Bonchev–Trinajstić information content (AvgIpc) is 3.45. The van der Waals surface area contributed by atoms with Gasteiger partial charge in [-0.15, -0.1) is 0 Å². The molecular formula is C20H38N2O4S4. The van der Waals surface area contributed by atoms with Crippen molar-refractivity contribution >= 4 is 55.1 Å². The van der Waals surface area contributed by atoms with Gasteiger partial charge >= 0.3 is 11.9 Å². The van der Waals surface area contributed by atoms with Crippen LogP contribution in [0.3, 0.4) is 0 Å². The zero-order chi connectivity index (χ0) is 21.9. The molecule has 0 amide bonds. The van der Waals surface area contributed by atoms with Crippen LogP contribution in [-0.2, 0) is 9.59 Å². The van der Waals surface area contributed by atoms with E-state index in [9.17, 15) is 9.59 Å². The van der Waals surface area contributed by atoms with Gasteiger partial charge in [0.15, 0.2) is 0 Å². The van der Waals surface area contributed by atoms with E-state index >= 15 is 0 Å². The van der Waals surface area contributed by atoms with Gasteiger partial charge in [-0.25, -0.2) is 0 Å². The van der Waals surface area contributed by atoms with Gasteiger partial charge in [0.05, 0.1) is 0 Å². The Morgan fingerprint density at radius 3 is 1.37 bits per heavy atom. The lowest BCUT2D eigenvalue weighted by Crippen LogP contribution is -2.39. The van der Waals surface area contributed by atoms with Crippen molar-refractivity contribution in [2.45, 2.75) is 74.7 Å². The van der Waals surface area contributed by atoms with Gasteiger partial charge in [-0.05, 0) is 38.5 Å². The molecular weight excluding hydrogens is 460 g/mol. The number of hydrogen-bond donors (Lipinski definition) is 4. The van der Waals surface area contributed by atoms with Crippen molar-refractivity contribution in [3.8, 4) is 0 Å². The van der Waals surface area contributed by atoms with Crippen LogP contribution in [0.4, 0.5) is 0 Å². The van der Waals surface area contributed by atoms with Crippen LogP contribution < -0.4 is 10.6 Å². The first-order valence-corrected chi connectivity index (χ1v) is 15.8. The van der Waals surface area contributed by atoms with E-state index in [1.54, 1.807) is 0 Å². The minimum absolute atomic E-state index is 0.338. The van der Waals surface area contributed by atoms with Crippen LogP contribution in [0.5, 0.6) is 0 Å². The van der Waals surface area contributed by atoms with Gasteiger partial charge < -0.3 is 20.8 Å². The summed E-state index contributed by atoms with van der Waals surface area (Å²) in [7, 11) is 7.83. The summed E-state index contributed by atoms with van der Waals surface area (Å²) < 4.78 is 0. The van der Waals surface area contributed by atoms with Crippen LogP contribution in [0, 0.1) is 0 Å². The van der Waals surface area contributed by atoms with E-state index in [1.807, 2.05) is 43.2 Å². The van der Waals surface area contributed by atoms with Crippen LogP contribution in [-0.4, -0.2) is 70.3 Å². The average molecular weight is 499 g/mol. The van der Waals surface area contributed by atoms with E-state index < -0.39 is 11.9 Å². The fourth-order valence-electron chi connectivity index (χ4n) is 3.03. The lowest BCUT2D eigenvalue weighted by molar-refractivity contribution is -0.138. The molecule has 10 heteroatoms. The quantitative estimate of drug-likeness (QED) is 0.249. The maximum absolute atomic E-state index is 10.2. The number of aliphatic carboxylic acids is 2. The Hall–Kier alpha value is 0.260. The Morgan fingerprint density at radius 1 is 0.700 bits per heavy atom. The fraction of sp³-hybridized carbons (Fsp3) is 0.900. The number of carboxylic acid groups (broad SMARTS) is 2. The zero-order valence-corrected chi connectivity index (χ0v) is 21.1. The molecule has 0 spiro atoms. The molecule has 0 radical (unpaired) electrons. The van der Waals surface area contributed by atoms with E-state index in [0.717, 1.165) is 62.4 Å². The highest BCUT2D eigenvalue weighted by Gasteiger charge is 2.16. The molecule has 0 bridgehead atoms. The van der Waals surface area contributed by atoms with E-state index in [-0.39, 0.29) is 0 Å². The number of piperazine rings is 1. The van der Waals surface area contributed by atoms with Crippen LogP contribution in [0.2, 0.25) is 0 Å². The van der Waals surface area contributed by atoms with E-state index in [2.05, 4.69) is 10.6 Å². The standard InChI is InChI=1S/2C8H14O2S2.C4H10N2/c2*9-8(10)4-2-1-3-7-5-6-11-12-7;1-2-6-4-3-5-1/h2*7H,1-6H2,(H,9,10);5-6H,1-4H2. The summed E-state index contributed by atoms with van der Waals surface area (Å²) in [5, 5.41) is 24.8. The topological polar surface area (TPSA) is 98.7 Å². The van der Waals surface area contributed by atoms with Gasteiger partial charge in [0.1, 0.15) is 0 Å². The molecule has 0 aromatic heterocycles. The molecule has 0 aromatic rings. The van der Waals surface area contributed by atoms with E-state index in [1.165, 1.54) is 37.2 Å². The number of hydrogen-bond acceptors (Lipinski definition) is 8. The molecule has 4 N–H and O–H groups in total. The van der Waals surface area contributed by atoms with Gasteiger partial charge in [-0.3, -0.25) is 9.59 Å². The molecule has 0 aromatic carbocycles. The van der Waals surface area contributed by atoms with Crippen molar-refractivity contribution in [2.24, 2.45) is 0 Å². The number of carbonyl (C=O) groups is 2. The predicted octanol–water partition coefficient (Wildman–Crippen LogP) is 4.75. The van der Waals surface area contributed by atoms with Crippen LogP contribution in [0.25, 0.3) is 0 Å². The summed E-state index contributed by atoms with van der Waals surface area (Å²) in [6, 6.07) is 0. The monoisotopic (exact) mass is 498 g/mol. The third-order valence-electron chi connectivity index (χ3n) is 4.75. The molecule has 3 aliphatic rings. The second kappa shape index (κ2) is 19.9. The number of rotatable bonds is 10. The van der Waals surface area contributed by atoms with Gasteiger partial charge in [0, 0.05) is 61.0 Å². The highest BCUT2D eigenvalue weighted by Crippen LogP contribution is 2.40. The van der Waals surface area contributed by atoms with Gasteiger partial charge in [0.2, 0.25) is 0 Å². The first kappa shape index (κ1) is 28.3. The first-order chi connectivity index (χ1) is 14.6. The Morgan fingerprint density at radius 2 is 1.10 bits per heavy atom. The molecule has 2 atom stereocenters. The van der Waals surface area contributed by atoms with Gasteiger partial charge in [0.25, 0.3) is 0 Å². The molecule has 3 heterocycles. The van der Waals surface area contributed by atoms with E-state index in [0.29, 0.717) is 12.8 Å². The Kier molecular flexibility index (Phi) is 18.8. The Bertz CT molecular complexity index is 399. The zero-order valence-electron chi connectivity index (χ0n) is 17.8. The molecule has 6 nitrogen and oxygen atoms in total. The normalized spacial score (nSPS) is 23.1. The van der Waals surface area contributed by atoms with Crippen LogP contribution >= 0.6 is 43.2 Å². The highest BCUT2D eigenvalue weighted by atomic mass is 33.1. The smallest absolute Gasteiger partial charge is 0.303 e. The fourth-order valence-corrected chi connectivity index (χ4v) is 9.08. The minimum Gasteiger partial charge on any atom is -0.481 e. The van der Waals surface area contributed by atoms with Crippen molar-refractivity contribution in [1.82, 2.24) is 10.6 Å². The van der Waals surface area contributed by atoms with Crippen molar-refractivity contribution in [2.75, 3.05) is 37.7 Å². The largest absolute Gasteiger partial charge is 0.481 e. The molecule has 0 aliphatic carbocycles. The van der Waals surface area contributed by atoms with Crippen molar-refractivity contribution in [3.63, 3.8) is 0 Å². The van der Waals surface area contributed by atoms with Gasteiger partial charge in [-0.2, -0.15) is 0 Å². The second-order valence-electron chi connectivity index (χ2n) is 7.44. The third-order valence-corrected chi connectivity index (χ3v) is 10.8. The van der Waals surface area contributed by atoms with Gasteiger partial charge in [-0.1, -0.05) is 56.0 Å². The second-order valence-corrected chi connectivity index (χ2v) is 13.0. The van der Waals surface area contributed by atoms with Crippen LogP contribution in [0.1, 0.15) is 64.2 Å². The summed E-state index contributed by atoms with van der Waals surface area (Å²) in [6.07, 6.45) is 9.53. The number of carboxylic acids is 2. The van der Waals surface area contributed by atoms with E-state index in [4.69, 9.17) is 10.2 Å². The number of unbranched alkanes of at least 4 members (excludes halogenated alkanes) is 2. The highest BCUT2D eigenvalue weighted by molar-refractivity contribution is 8.77. The lowest BCUT2D eigenvalue weighted by Gasteiger charge is -2.11. The molecule has 3 rings (SSSR count). The summed E-state index contributed by atoms with van der Waals surface area (Å²) >= 11 is 0. The molecule has 3 aliphatic heterocycles. The predicted molar refractivity (Wildman–Crippen MR) is 135 cm³/mol. The summed E-state index contributed by atoms with van der Waals surface area (Å²) in [5.41, 5.74) is 0. The third kappa shape index (κ3) is 17.9. The molecule has 176 valence electrons. The summed E-state index contributed by atoms with van der Waals surface area (Å²) in [5.74, 6) is 1.22. The number of nitrogens with one attached hydrogen (secondary N) is 2. The molecule has 3 fully saturated rings. The maximum atomic E-state index is 10.2. The minimum atomic E-state index is -0.663. The lowest BCUT2D eigenvalue weighted by atomic mass is 10.1. The molecule has 3 saturated heterocycles. The summed E-state index contributed by atoms with van der Waals surface area (Å²) in [4.78, 5) is 20.4. The first-order valence-electron chi connectivity index (χ1n) is 11.0. The van der Waals surface area contributed by atoms with Crippen molar-refractivity contribution < 1.29 is 19.8 Å². The molecule has 30 heavy (non-hydrogen) atoms. The summed E-state index contributed by atoms with van der Waals surface area (Å²) in [6.45, 7) is 4.56. The SMILES string of the molecule is C1CNCCN1.O=C(O)CCCCC1CCSS1.O=C(O)CCCCC1CCSS1.